The number of hydrogen-bond donors (Lipinski definition) is 1. The van der Waals surface area contributed by atoms with Crippen LogP contribution in [-0.4, -0.2) is 16.6 Å². The molecule has 33 heavy (non-hydrogen) atoms. The fourth-order valence-corrected chi connectivity index (χ4v) is 6.22. The number of nitrogens with one attached hydrogen (secondary N) is 1. The Hall–Kier alpha value is -2.66. The van der Waals surface area contributed by atoms with Gasteiger partial charge < -0.3 is 10.1 Å². The molecule has 3 aliphatic rings. The average molecular weight is 503 g/mol. The van der Waals surface area contributed by atoms with Crippen molar-refractivity contribution in [2.75, 3.05) is 5.32 Å². The van der Waals surface area contributed by atoms with E-state index in [0.717, 1.165) is 75.6 Å². The maximum atomic E-state index is 13.8. The summed E-state index contributed by atoms with van der Waals surface area (Å²) in [5.41, 5.74) is 5.62. The molecule has 3 heterocycles. The van der Waals surface area contributed by atoms with Crippen molar-refractivity contribution in [2.45, 2.75) is 62.9 Å². The lowest BCUT2D eigenvalue weighted by Crippen LogP contribution is -2.44. The average Bonchev–Trinajstić information content (AvgIpc) is 2.81. The Morgan fingerprint density at radius 3 is 2.52 bits per heavy atom. The fourth-order valence-electron chi connectivity index (χ4n) is 5.95. The van der Waals surface area contributed by atoms with Crippen molar-refractivity contribution < 1.29 is 9.53 Å². The molecule has 2 aliphatic heterocycles. The zero-order chi connectivity index (χ0) is 22.4. The van der Waals surface area contributed by atoms with Gasteiger partial charge in [-0.2, -0.15) is 0 Å². The molecule has 1 aromatic heterocycles. The maximum Gasteiger partial charge on any atom is 0.337 e. The van der Waals surface area contributed by atoms with E-state index in [1.807, 2.05) is 24.4 Å². The highest BCUT2D eigenvalue weighted by Gasteiger charge is 2.46. The number of nitrogens with zero attached hydrogens (tertiary/aromatic N) is 1. The lowest BCUT2D eigenvalue weighted by atomic mass is 9.74. The standard InChI is InChI=1S/C28H27BrN2O2/c29-19-10-8-18(9-11-19)24-25-20-7-6-16-30-21(20)12-13-22(25)31-23-17-28(33-27(32)26(23)24)14-4-2-1-3-5-15-28/h6-13,16,24,31H,1-5,14-15,17H2. The summed E-state index contributed by atoms with van der Waals surface area (Å²) in [4.78, 5) is 18.3. The first kappa shape index (κ1) is 20.9. The number of pyridine rings is 1. The van der Waals surface area contributed by atoms with Gasteiger partial charge in [-0.25, -0.2) is 4.79 Å². The van der Waals surface area contributed by atoms with Gasteiger partial charge in [-0.15, -0.1) is 0 Å². The minimum absolute atomic E-state index is 0.163. The number of anilines is 1. The second-order valence-corrected chi connectivity index (χ2v) is 10.5. The number of halogens is 1. The largest absolute Gasteiger partial charge is 0.455 e. The topological polar surface area (TPSA) is 51.2 Å². The highest BCUT2D eigenvalue weighted by Crippen LogP contribution is 2.50. The van der Waals surface area contributed by atoms with E-state index in [0.29, 0.717) is 0 Å². The zero-order valence-corrected chi connectivity index (χ0v) is 20.2. The van der Waals surface area contributed by atoms with E-state index in [1.165, 1.54) is 19.3 Å². The van der Waals surface area contributed by atoms with Gasteiger partial charge in [0.15, 0.2) is 0 Å². The van der Waals surface area contributed by atoms with Crippen LogP contribution in [0.4, 0.5) is 5.69 Å². The van der Waals surface area contributed by atoms with Gasteiger partial charge in [0.2, 0.25) is 0 Å². The Kier molecular flexibility index (Phi) is 5.25. The molecule has 1 fully saturated rings. The van der Waals surface area contributed by atoms with Crippen molar-refractivity contribution in [3.63, 3.8) is 0 Å². The number of fused-ring (bicyclic) bond motifs is 3. The van der Waals surface area contributed by atoms with Crippen LogP contribution in [0.3, 0.4) is 0 Å². The fraction of sp³-hybridized carbons (Fsp3) is 0.357. The number of benzene rings is 2. The molecule has 168 valence electrons. The van der Waals surface area contributed by atoms with Crippen LogP contribution in [0.1, 0.15) is 68.4 Å². The van der Waals surface area contributed by atoms with Crippen LogP contribution in [0.15, 0.2) is 70.5 Å². The van der Waals surface area contributed by atoms with E-state index in [-0.39, 0.29) is 17.5 Å². The van der Waals surface area contributed by atoms with E-state index in [9.17, 15) is 4.79 Å². The van der Waals surface area contributed by atoms with Crippen LogP contribution in [-0.2, 0) is 9.53 Å². The van der Waals surface area contributed by atoms with Crippen molar-refractivity contribution in [2.24, 2.45) is 0 Å². The van der Waals surface area contributed by atoms with E-state index in [1.54, 1.807) is 0 Å². The Morgan fingerprint density at radius 1 is 0.970 bits per heavy atom. The summed E-state index contributed by atoms with van der Waals surface area (Å²) in [6, 6.07) is 16.6. The molecule has 5 heteroatoms. The molecule has 1 N–H and O–H groups in total. The predicted molar refractivity (Wildman–Crippen MR) is 134 cm³/mol. The summed E-state index contributed by atoms with van der Waals surface area (Å²) in [6.45, 7) is 0. The third-order valence-electron chi connectivity index (χ3n) is 7.51. The number of ether oxygens (including phenoxy) is 1. The Morgan fingerprint density at radius 2 is 1.73 bits per heavy atom. The highest BCUT2D eigenvalue weighted by atomic mass is 79.9. The molecule has 0 bridgehead atoms. The van der Waals surface area contributed by atoms with Crippen molar-refractivity contribution in [3.05, 3.63) is 81.6 Å². The number of carbonyl (C=O) groups is 1. The summed E-state index contributed by atoms with van der Waals surface area (Å²) in [6.07, 6.45) is 10.5. The summed E-state index contributed by atoms with van der Waals surface area (Å²) in [5.74, 6) is -0.348. The molecule has 4 nitrogen and oxygen atoms in total. The smallest absolute Gasteiger partial charge is 0.337 e. The SMILES string of the molecule is O=C1OC2(CCCCCCC2)CC2=C1C(c1ccc(Br)cc1)c1c(ccc3ncccc13)N2. The summed E-state index contributed by atoms with van der Waals surface area (Å²) in [7, 11) is 0. The quantitative estimate of drug-likeness (QED) is 0.356. The molecule has 1 spiro atoms. The van der Waals surface area contributed by atoms with Crippen molar-refractivity contribution in [1.29, 1.82) is 0 Å². The molecule has 0 saturated heterocycles. The summed E-state index contributed by atoms with van der Waals surface area (Å²) < 4.78 is 7.38. The zero-order valence-electron chi connectivity index (χ0n) is 18.6. The van der Waals surface area contributed by atoms with Gasteiger partial charge in [0.1, 0.15) is 5.60 Å². The Bertz CT molecular complexity index is 1260. The van der Waals surface area contributed by atoms with Crippen LogP contribution >= 0.6 is 15.9 Å². The molecular weight excluding hydrogens is 476 g/mol. The summed E-state index contributed by atoms with van der Waals surface area (Å²) in [5, 5.41) is 4.75. The Balaban J connectivity index is 1.53. The first-order valence-electron chi connectivity index (χ1n) is 12.0. The predicted octanol–water partition coefficient (Wildman–Crippen LogP) is 7.24. The molecule has 6 rings (SSSR count). The second-order valence-electron chi connectivity index (χ2n) is 9.62. The van der Waals surface area contributed by atoms with Crippen LogP contribution in [0, 0.1) is 0 Å². The lowest BCUT2D eigenvalue weighted by molar-refractivity contribution is -0.160. The molecule has 2 aromatic carbocycles. The van der Waals surface area contributed by atoms with E-state index in [2.05, 4.69) is 56.6 Å². The summed E-state index contributed by atoms with van der Waals surface area (Å²) >= 11 is 3.56. The third-order valence-corrected chi connectivity index (χ3v) is 8.04. The number of esters is 1. The maximum absolute atomic E-state index is 13.8. The number of hydrogen-bond acceptors (Lipinski definition) is 4. The molecule has 3 aromatic rings. The van der Waals surface area contributed by atoms with Gasteiger partial charge in [-0.3, -0.25) is 4.98 Å². The number of carbonyl (C=O) groups excluding carboxylic acids is 1. The van der Waals surface area contributed by atoms with Gasteiger partial charge in [-0.05, 0) is 67.1 Å². The lowest BCUT2D eigenvalue weighted by Gasteiger charge is -2.43. The van der Waals surface area contributed by atoms with Crippen LogP contribution < -0.4 is 5.32 Å². The van der Waals surface area contributed by atoms with Gasteiger partial charge in [-0.1, -0.05) is 53.4 Å². The Labute approximate surface area is 202 Å². The molecule has 1 unspecified atom stereocenters. The van der Waals surface area contributed by atoms with Crippen LogP contribution in [0.5, 0.6) is 0 Å². The van der Waals surface area contributed by atoms with Crippen molar-refractivity contribution in [3.8, 4) is 0 Å². The van der Waals surface area contributed by atoms with Crippen LogP contribution in [0.25, 0.3) is 10.9 Å². The van der Waals surface area contributed by atoms with Gasteiger partial charge in [0, 0.05) is 39.8 Å². The van der Waals surface area contributed by atoms with Crippen molar-refractivity contribution >= 4 is 38.5 Å². The van der Waals surface area contributed by atoms with E-state index < -0.39 is 0 Å². The van der Waals surface area contributed by atoms with Crippen LogP contribution in [0.2, 0.25) is 0 Å². The highest BCUT2D eigenvalue weighted by molar-refractivity contribution is 9.10. The van der Waals surface area contributed by atoms with E-state index >= 15 is 0 Å². The number of rotatable bonds is 1. The van der Waals surface area contributed by atoms with Gasteiger partial charge in [0.05, 0.1) is 11.1 Å². The van der Waals surface area contributed by atoms with E-state index in [4.69, 9.17) is 4.74 Å². The molecular formula is C28H27BrN2O2. The first-order valence-corrected chi connectivity index (χ1v) is 12.8. The normalized spacial score (nSPS) is 22.1. The van der Waals surface area contributed by atoms with Gasteiger partial charge >= 0.3 is 5.97 Å². The minimum atomic E-state index is -0.372. The molecule has 0 radical (unpaired) electrons. The monoisotopic (exact) mass is 502 g/mol. The third kappa shape index (κ3) is 3.67. The molecule has 0 amide bonds. The number of aromatic nitrogens is 1. The minimum Gasteiger partial charge on any atom is -0.455 e. The van der Waals surface area contributed by atoms with Crippen molar-refractivity contribution in [1.82, 2.24) is 4.98 Å². The van der Waals surface area contributed by atoms with Gasteiger partial charge in [0.25, 0.3) is 0 Å². The molecule has 1 atom stereocenters. The molecule has 1 aliphatic carbocycles. The first-order chi connectivity index (χ1) is 16.1. The molecule has 1 saturated carbocycles. The second kappa shape index (κ2) is 8.28.